The first kappa shape index (κ1) is 18.0. The summed E-state index contributed by atoms with van der Waals surface area (Å²) in [5.74, 6) is 0.546. The lowest BCUT2D eigenvalue weighted by molar-refractivity contribution is 1.28. The number of halogens is 1. The minimum absolute atomic E-state index is 0.522. The van der Waals surface area contributed by atoms with E-state index in [1.807, 2.05) is 91.0 Å². The first-order valence-electron chi connectivity index (χ1n) is 8.83. The molecule has 4 rings (SSSR count). The molecular weight excluding hydrogens is 410 g/mol. The van der Waals surface area contributed by atoms with Crippen LogP contribution >= 0.6 is 15.9 Å². The molecule has 3 aromatic carbocycles. The van der Waals surface area contributed by atoms with E-state index in [1.165, 1.54) is 0 Å². The highest BCUT2D eigenvalue weighted by Gasteiger charge is 2.15. The van der Waals surface area contributed by atoms with Crippen LogP contribution in [0.5, 0.6) is 0 Å². The molecule has 0 unspecified atom stereocenters. The first-order chi connectivity index (χ1) is 13.7. The number of aromatic nitrogens is 1. The molecule has 0 aliphatic heterocycles. The molecule has 0 saturated carbocycles. The molecule has 0 bridgehead atoms. The lowest BCUT2D eigenvalue weighted by Crippen LogP contribution is -2.01. The summed E-state index contributed by atoms with van der Waals surface area (Å²) in [6.07, 6.45) is 0. The fraction of sp³-hybridized carbons (Fsp3) is 0. The highest BCUT2D eigenvalue weighted by atomic mass is 79.9. The van der Waals surface area contributed by atoms with Crippen molar-refractivity contribution in [2.45, 2.75) is 0 Å². The fourth-order valence-corrected chi connectivity index (χ4v) is 3.29. The Bertz CT molecular complexity index is 1130. The van der Waals surface area contributed by atoms with Gasteiger partial charge in [-0.1, -0.05) is 76.6 Å². The van der Waals surface area contributed by atoms with Gasteiger partial charge < -0.3 is 5.32 Å². The standard InChI is InChI=1S/C24H16BrN3/c25-19-11-13-20(14-12-19)27-24-22(16-26)21(17-7-3-1-4-8-17)15-23(28-24)18-9-5-2-6-10-18/h1-15H,(H,27,28). The Balaban J connectivity index is 1.90. The third kappa shape index (κ3) is 3.80. The van der Waals surface area contributed by atoms with Crippen molar-refractivity contribution in [1.29, 1.82) is 5.26 Å². The average molecular weight is 426 g/mol. The summed E-state index contributed by atoms with van der Waals surface area (Å²) in [5, 5.41) is 13.2. The molecule has 28 heavy (non-hydrogen) atoms. The topological polar surface area (TPSA) is 48.7 Å². The highest BCUT2D eigenvalue weighted by molar-refractivity contribution is 9.10. The predicted molar refractivity (Wildman–Crippen MR) is 117 cm³/mol. The number of anilines is 2. The summed E-state index contributed by atoms with van der Waals surface area (Å²) in [4.78, 5) is 4.77. The molecule has 1 heterocycles. The van der Waals surface area contributed by atoms with Gasteiger partial charge in [-0.05, 0) is 35.9 Å². The summed E-state index contributed by atoms with van der Waals surface area (Å²) in [6.45, 7) is 0. The second-order valence-corrected chi connectivity index (χ2v) is 7.17. The minimum Gasteiger partial charge on any atom is -0.339 e. The molecule has 0 aliphatic carbocycles. The molecule has 134 valence electrons. The molecule has 0 radical (unpaired) electrons. The van der Waals surface area contributed by atoms with Crippen LogP contribution in [0.1, 0.15) is 5.56 Å². The van der Waals surface area contributed by atoms with E-state index in [-0.39, 0.29) is 0 Å². The Morgan fingerprint density at radius 1 is 0.786 bits per heavy atom. The third-order valence-electron chi connectivity index (χ3n) is 4.39. The van der Waals surface area contributed by atoms with Crippen molar-refractivity contribution >= 4 is 27.4 Å². The Labute approximate surface area is 172 Å². The van der Waals surface area contributed by atoms with Gasteiger partial charge in [-0.15, -0.1) is 0 Å². The van der Waals surface area contributed by atoms with Crippen LogP contribution in [0.25, 0.3) is 22.4 Å². The summed E-state index contributed by atoms with van der Waals surface area (Å²) < 4.78 is 0.995. The van der Waals surface area contributed by atoms with Crippen molar-refractivity contribution in [2.75, 3.05) is 5.32 Å². The zero-order valence-electron chi connectivity index (χ0n) is 14.9. The van der Waals surface area contributed by atoms with E-state index in [9.17, 15) is 5.26 Å². The fourth-order valence-electron chi connectivity index (χ4n) is 3.02. The van der Waals surface area contributed by atoms with E-state index in [0.717, 1.165) is 32.5 Å². The number of hydrogen-bond acceptors (Lipinski definition) is 3. The Morgan fingerprint density at radius 2 is 1.39 bits per heavy atom. The third-order valence-corrected chi connectivity index (χ3v) is 4.92. The maximum absolute atomic E-state index is 9.91. The van der Waals surface area contributed by atoms with Crippen molar-refractivity contribution in [3.63, 3.8) is 0 Å². The van der Waals surface area contributed by atoms with Crippen LogP contribution in [0.15, 0.2) is 95.5 Å². The van der Waals surface area contributed by atoms with Gasteiger partial charge in [0.1, 0.15) is 17.5 Å². The molecule has 0 saturated heterocycles. The zero-order valence-corrected chi connectivity index (χ0v) is 16.5. The zero-order chi connectivity index (χ0) is 19.3. The second-order valence-electron chi connectivity index (χ2n) is 6.25. The molecule has 4 aromatic rings. The molecule has 0 spiro atoms. The molecular formula is C24H16BrN3. The van der Waals surface area contributed by atoms with Crippen LogP contribution in [0.2, 0.25) is 0 Å². The van der Waals surface area contributed by atoms with E-state index in [1.54, 1.807) is 0 Å². The molecule has 4 heteroatoms. The van der Waals surface area contributed by atoms with Crippen LogP contribution in [0.3, 0.4) is 0 Å². The predicted octanol–water partition coefficient (Wildman–Crippen LogP) is 6.79. The number of benzene rings is 3. The number of nitriles is 1. The van der Waals surface area contributed by atoms with Gasteiger partial charge in [0.05, 0.1) is 5.69 Å². The van der Waals surface area contributed by atoms with Gasteiger partial charge in [-0.25, -0.2) is 4.98 Å². The van der Waals surface area contributed by atoms with E-state index in [2.05, 4.69) is 27.3 Å². The largest absolute Gasteiger partial charge is 0.339 e. The highest BCUT2D eigenvalue weighted by Crippen LogP contribution is 2.33. The summed E-state index contributed by atoms with van der Waals surface area (Å²) >= 11 is 3.45. The Hall–Kier alpha value is -3.42. The second kappa shape index (κ2) is 8.08. The lowest BCUT2D eigenvalue weighted by Gasteiger charge is -2.14. The first-order valence-corrected chi connectivity index (χ1v) is 9.62. The lowest BCUT2D eigenvalue weighted by atomic mass is 9.98. The van der Waals surface area contributed by atoms with Crippen LogP contribution in [-0.2, 0) is 0 Å². The smallest absolute Gasteiger partial charge is 0.149 e. The quantitative estimate of drug-likeness (QED) is 0.391. The number of hydrogen-bond donors (Lipinski definition) is 1. The van der Waals surface area contributed by atoms with Gasteiger partial charge >= 0.3 is 0 Å². The summed E-state index contributed by atoms with van der Waals surface area (Å²) in [5.41, 5.74) is 5.06. The van der Waals surface area contributed by atoms with Crippen LogP contribution in [-0.4, -0.2) is 4.98 Å². The average Bonchev–Trinajstić information content (AvgIpc) is 2.76. The maximum atomic E-state index is 9.91. The van der Waals surface area contributed by atoms with E-state index in [0.29, 0.717) is 11.4 Å². The molecule has 0 amide bonds. The SMILES string of the molecule is N#Cc1c(-c2ccccc2)cc(-c2ccccc2)nc1Nc1ccc(Br)cc1. The van der Waals surface area contributed by atoms with Crippen LogP contribution in [0, 0.1) is 11.3 Å². The Kier molecular flexibility index (Phi) is 5.18. The van der Waals surface area contributed by atoms with Crippen molar-refractivity contribution in [3.8, 4) is 28.5 Å². The van der Waals surface area contributed by atoms with Crippen molar-refractivity contribution < 1.29 is 0 Å². The Morgan fingerprint density at radius 3 is 2.00 bits per heavy atom. The molecule has 0 atom stereocenters. The number of nitrogens with zero attached hydrogens (tertiary/aromatic N) is 2. The van der Waals surface area contributed by atoms with Crippen LogP contribution < -0.4 is 5.32 Å². The van der Waals surface area contributed by atoms with Gasteiger partial charge in [0, 0.05) is 21.3 Å². The summed E-state index contributed by atoms with van der Waals surface area (Å²) in [7, 11) is 0. The van der Waals surface area contributed by atoms with Gasteiger partial charge in [0.15, 0.2) is 0 Å². The minimum atomic E-state index is 0.522. The van der Waals surface area contributed by atoms with Gasteiger partial charge in [0.2, 0.25) is 0 Å². The molecule has 1 N–H and O–H groups in total. The molecule has 0 aliphatic rings. The van der Waals surface area contributed by atoms with Crippen molar-refractivity contribution in [3.05, 3.63) is 101 Å². The van der Waals surface area contributed by atoms with E-state index in [4.69, 9.17) is 4.98 Å². The molecule has 1 aromatic heterocycles. The van der Waals surface area contributed by atoms with Crippen molar-refractivity contribution in [2.24, 2.45) is 0 Å². The van der Waals surface area contributed by atoms with Crippen LogP contribution in [0.4, 0.5) is 11.5 Å². The van der Waals surface area contributed by atoms with Gasteiger partial charge in [-0.2, -0.15) is 5.26 Å². The number of pyridine rings is 1. The van der Waals surface area contributed by atoms with E-state index >= 15 is 0 Å². The monoisotopic (exact) mass is 425 g/mol. The summed E-state index contributed by atoms with van der Waals surface area (Å²) in [6, 6.07) is 32.0. The molecule has 0 fully saturated rings. The van der Waals surface area contributed by atoms with Gasteiger partial charge in [-0.3, -0.25) is 0 Å². The number of rotatable bonds is 4. The maximum Gasteiger partial charge on any atom is 0.149 e. The van der Waals surface area contributed by atoms with Gasteiger partial charge in [0.25, 0.3) is 0 Å². The molecule has 3 nitrogen and oxygen atoms in total. The van der Waals surface area contributed by atoms with E-state index < -0.39 is 0 Å². The number of nitrogens with one attached hydrogen (secondary N) is 1. The van der Waals surface area contributed by atoms with Crippen molar-refractivity contribution in [1.82, 2.24) is 4.98 Å². The normalized spacial score (nSPS) is 10.3.